The predicted molar refractivity (Wildman–Crippen MR) is 120 cm³/mol. The van der Waals surface area contributed by atoms with E-state index in [1.165, 1.54) is 31.2 Å². The van der Waals surface area contributed by atoms with Crippen molar-refractivity contribution in [2.45, 2.75) is 51.7 Å². The summed E-state index contributed by atoms with van der Waals surface area (Å²) in [6.07, 6.45) is 7.22. The van der Waals surface area contributed by atoms with Gasteiger partial charge in [-0.05, 0) is 37.5 Å². The van der Waals surface area contributed by atoms with E-state index in [0.717, 1.165) is 23.0 Å². The fourth-order valence-corrected chi connectivity index (χ4v) is 3.42. The number of guanidine groups is 1. The minimum atomic E-state index is 0. The molecule has 0 atom stereocenters. The van der Waals surface area contributed by atoms with Gasteiger partial charge in [0.2, 0.25) is 0 Å². The highest BCUT2D eigenvalue weighted by atomic mass is 127. The zero-order chi connectivity index (χ0) is 18.4. The lowest BCUT2D eigenvalue weighted by Gasteiger charge is -2.14. The second kappa shape index (κ2) is 10.5. The standard InChI is InChI=1S/C20H29N5O.HI/c1-15-8-9-16(19(12-15)26-3)13-22-20(21-2)23-14-17-10-11-25(24-17)18-6-4-5-7-18;/h8-12,18H,4-7,13-14H2,1-3H3,(H2,21,22,23);1H. The Labute approximate surface area is 178 Å². The van der Waals surface area contributed by atoms with Gasteiger partial charge in [0.25, 0.3) is 0 Å². The van der Waals surface area contributed by atoms with Crippen LogP contribution in [0.1, 0.15) is 48.5 Å². The maximum Gasteiger partial charge on any atom is 0.191 e. The molecule has 7 heteroatoms. The van der Waals surface area contributed by atoms with Gasteiger partial charge in [0.1, 0.15) is 5.75 Å². The zero-order valence-corrected chi connectivity index (χ0v) is 18.7. The Morgan fingerprint density at radius 2 is 1.96 bits per heavy atom. The average molecular weight is 483 g/mol. The molecular formula is C20H30IN5O. The largest absolute Gasteiger partial charge is 0.496 e. The highest BCUT2D eigenvalue weighted by Gasteiger charge is 2.17. The molecule has 2 N–H and O–H groups in total. The first-order valence-corrected chi connectivity index (χ1v) is 9.31. The van der Waals surface area contributed by atoms with Crippen LogP contribution >= 0.6 is 24.0 Å². The van der Waals surface area contributed by atoms with Crippen LogP contribution in [-0.4, -0.2) is 29.9 Å². The molecule has 0 saturated heterocycles. The van der Waals surface area contributed by atoms with Crippen LogP contribution in [0.15, 0.2) is 35.5 Å². The summed E-state index contributed by atoms with van der Waals surface area (Å²) < 4.78 is 7.58. The number of hydrogen-bond donors (Lipinski definition) is 2. The Bertz CT molecular complexity index is 753. The topological polar surface area (TPSA) is 63.5 Å². The molecule has 0 unspecified atom stereocenters. The van der Waals surface area contributed by atoms with Crippen molar-refractivity contribution in [1.29, 1.82) is 0 Å². The molecule has 6 nitrogen and oxygen atoms in total. The number of methoxy groups -OCH3 is 1. The highest BCUT2D eigenvalue weighted by Crippen LogP contribution is 2.28. The molecule has 0 aliphatic heterocycles. The van der Waals surface area contributed by atoms with Crippen LogP contribution in [0.3, 0.4) is 0 Å². The van der Waals surface area contributed by atoms with Crippen molar-refractivity contribution in [3.05, 3.63) is 47.3 Å². The Balaban J connectivity index is 0.00000261. The van der Waals surface area contributed by atoms with Crippen LogP contribution in [0, 0.1) is 6.92 Å². The Hall–Kier alpha value is -1.77. The number of nitrogens with zero attached hydrogens (tertiary/aromatic N) is 3. The molecule has 1 fully saturated rings. The maximum absolute atomic E-state index is 5.46. The number of hydrogen-bond acceptors (Lipinski definition) is 3. The van der Waals surface area contributed by atoms with Gasteiger partial charge in [0.05, 0.1) is 25.4 Å². The van der Waals surface area contributed by atoms with Gasteiger partial charge in [-0.2, -0.15) is 5.10 Å². The lowest BCUT2D eigenvalue weighted by Crippen LogP contribution is -2.36. The van der Waals surface area contributed by atoms with Crippen molar-refractivity contribution >= 4 is 29.9 Å². The van der Waals surface area contributed by atoms with Crippen LogP contribution in [-0.2, 0) is 13.1 Å². The monoisotopic (exact) mass is 483 g/mol. The second-order valence-electron chi connectivity index (χ2n) is 6.82. The van der Waals surface area contributed by atoms with Crippen LogP contribution in [0.5, 0.6) is 5.75 Å². The average Bonchev–Trinajstić information content (AvgIpc) is 3.34. The van der Waals surface area contributed by atoms with Crippen LogP contribution < -0.4 is 15.4 Å². The summed E-state index contributed by atoms with van der Waals surface area (Å²) in [5, 5.41) is 11.4. The first-order valence-electron chi connectivity index (χ1n) is 9.31. The van der Waals surface area contributed by atoms with Crippen molar-refractivity contribution in [3.63, 3.8) is 0 Å². The van der Waals surface area contributed by atoms with Crippen molar-refractivity contribution in [3.8, 4) is 5.75 Å². The zero-order valence-electron chi connectivity index (χ0n) is 16.4. The molecule has 0 radical (unpaired) electrons. The van der Waals surface area contributed by atoms with Gasteiger partial charge in [-0.15, -0.1) is 24.0 Å². The number of aromatic nitrogens is 2. The molecule has 0 spiro atoms. The quantitative estimate of drug-likeness (QED) is 0.373. The molecule has 1 heterocycles. The van der Waals surface area contributed by atoms with Crippen molar-refractivity contribution in [2.24, 2.45) is 4.99 Å². The summed E-state index contributed by atoms with van der Waals surface area (Å²) in [6, 6.07) is 8.88. The van der Waals surface area contributed by atoms with E-state index in [1.54, 1.807) is 14.2 Å². The normalized spacial score (nSPS) is 14.7. The second-order valence-corrected chi connectivity index (χ2v) is 6.82. The molecule has 1 aromatic heterocycles. The number of aryl methyl sites for hydroxylation is 1. The molecule has 3 rings (SSSR count). The summed E-state index contributed by atoms with van der Waals surface area (Å²) >= 11 is 0. The Kier molecular flexibility index (Phi) is 8.40. The Morgan fingerprint density at radius 1 is 1.22 bits per heavy atom. The molecule has 148 valence electrons. The van der Waals surface area contributed by atoms with Crippen molar-refractivity contribution in [1.82, 2.24) is 20.4 Å². The summed E-state index contributed by atoms with van der Waals surface area (Å²) in [5.74, 6) is 1.64. The summed E-state index contributed by atoms with van der Waals surface area (Å²) in [4.78, 5) is 4.29. The fourth-order valence-electron chi connectivity index (χ4n) is 3.42. The van der Waals surface area contributed by atoms with Gasteiger partial charge in [0.15, 0.2) is 5.96 Å². The van der Waals surface area contributed by atoms with E-state index in [-0.39, 0.29) is 24.0 Å². The van der Waals surface area contributed by atoms with Crippen LogP contribution in [0.4, 0.5) is 0 Å². The van der Waals surface area contributed by atoms with Gasteiger partial charge in [-0.25, -0.2) is 0 Å². The molecule has 1 saturated carbocycles. The first kappa shape index (κ1) is 21.5. The van der Waals surface area contributed by atoms with E-state index in [1.807, 2.05) is 6.07 Å². The molecule has 1 aromatic carbocycles. The molecule has 1 aliphatic rings. The van der Waals surface area contributed by atoms with Crippen molar-refractivity contribution in [2.75, 3.05) is 14.2 Å². The molecule has 27 heavy (non-hydrogen) atoms. The van der Waals surface area contributed by atoms with Gasteiger partial charge < -0.3 is 15.4 Å². The highest BCUT2D eigenvalue weighted by molar-refractivity contribution is 14.0. The molecule has 0 bridgehead atoms. The van der Waals surface area contributed by atoms with Crippen molar-refractivity contribution < 1.29 is 4.74 Å². The lowest BCUT2D eigenvalue weighted by molar-refractivity contribution is 0.408. The molecular weight excluding hydrogens is 453 g/mol. The predicted octanol–water partition coefficient (Wildman–Crippen LogP) is 3.80. The number of aliphatic imine (C=N–C) groups is 1. The van der Waals surface area contributed by atoms with Gasteiger partial charge >= 0.3 is 0 Å². The molecule has 0 amide bonds. The van der Waals surface area contributed by atoms with Gasteiger partial charge in [-0.1, -0.05) is 25.0 Å². The molecule has 1 aliphatic carbocycles. The number of benzene rings is 1. The van der Waals surface area contributed by atoms with Gasteiger partial charge in [-0.3, -0.25) is 9.67 Å². The third-order valence-electron chi connectivity index (χ3n) is 4.91. The summed E-state index contributed by atoms with van der Waals surface area (Å²) in [7, 11) is 3.48. The number of nitrogens with one attached hydrogen (secondary N) is 2. The maximum atomic E-state index is 5.46. The van der Waals surface area contributed by atoms with E-state index in [0.29, 0.717) is 19.1 Å². The van der Waals surface area contributed by atoms with Crippen LogP contribution in [0.25, 0.3) is 0 Å². The SMILES string of the molecule is CN=C(NCc1ccn(C2CCCC2)n1)NCc1ccc(C)cc1OC.I. The number of rotatable bonds is 6. The van der Waals surface area contributed by atoms with E-state index in [2.05, 4.69) is 51.6 Å². The number of ether oxygens (including phenoxy) is 1. The summed E-state index contributed by atoms with van der Waals surface area (Å²) in [5.41, 5.74) is 3.32. The lowest BCUT2D eigenvalue weighted by atomic mass is 10.1. The fraction of sp³-hybridized carbons (Fsp3) is 0.500. The Morgan fingerprint density at radius 3 is 2.67 bits per heavy atom. The van der Waals surface area contributed by atoms with E-state index in [4.69, 9.17) is 9.84 Å². The van der Waals surface area contributed by atoms with E-state index >= 15 is 0 Å². The van der Waals surface area contributed by atoms with E-state index < -0.39 is 0 Å². The third kappa shape index (κ3) is 5.85. The number of halogens is 1. The minimum Gasteiger partial charge on any atom is -0.496 e. The molecule has 2 aromatic rings. The first-order chi connectivity index (χ1) is 12.7. The van der Waals surface area contributed by atoms with E-state index in [9.17, 15) is 0 Å². The smallest absolute Gasteiger partial charge is 0.191 e. The van der Waals surface area contributed by atoms with Crippen LogP contribution in [0.2, 0.25) is 0 Å². The summed E-state index contributed by atoms with van der Waals surface area (Å²) in [6.45, 7) is 3.37. The minimum absolute atomic E-state index is 0. The third-order valence-corrected chi connectivity index (χ3v) is 4.91. The van der Waals surface area contributed by atoms with Gasteiger partial charge in [0, 0.05) is 25.4 Å².